The number of hydrogen-bond acceptors (Lipinski definition) is 3. The molecule has 2 aromatic carbocycles. The minimum absolute atomic E-state index is 0.0208. The van der Waals surface area contributed by atoms with E-state index in [-0.39, 0.29) is 23.8 Å². The van der Waals surface area contributed by atoms with Crippen LogP contribution in [-0.2, 0) is 16.1 Å². The van der Waals surface area contributed by atoms with E-state index >= 15 is 0 Å². The second-order valence-corrected chi connectivity index (χ2v) is 8.38. The maximum absolute atomic E-state index is 13.2. The third kappa shape index (κ3) is 5.42. The first-order valence-electron chi connectivity index (χ1n) is 10.9. The van der Waals surface area contributed by atoms with Gasteiger partial charge in [0, 0.05) is 23.8 Å². The summed E-state index contributed by atoms with van der Waals surface area (Å²) in [5.41, 5.74) is 1.31. The summed E-state index contributed by atoms with van der Waals surface area (Å²) >= 11 is 0. The smallest absolute Gasteiger partial charge is 0.315 e. The summed E-state index contributed by atoms with van der Waals surface area (Å²) in [7, 11) is 0. The molecule has 162 valence electrons. The zero-order valence-electron chi connectivity index (χ0n) is 17.4. The molecule has 0 heterocycles. The number of urea groups is 1. The molecule has 0 radical (unpaired) electrons. The van der Waals surface area contributed by atoms with Crippen LogP contribution in [0.3, 0.4) is 0 Å². The van der Waals surface area contributed by atoms with Crippen LogP contribution in [0, 0.1) is 5.92 Å². The molecule has 31 heavy (non-hydrogen) atoms. The van der Waals surface area contributed by atoms with Crippen molar-refractivity contribution in [2.75, 3.05) is 10.6 Å². The zero-order valence-corrected chi connectivity index (χ0v) is 17.4. The van der Waals surface area contributed by atoms with Gasteiger partial charge < -0.3 is 21.3 Å². The normalized spacial score (nSPS) is 16.9. The average molecular weight is 421 g/mol. The summed E-state index contributed by atoms with van der Waals surface area (Å²) in [6, 6.07) is 16.4. The van der Waals surface area contributed by atoms with E-state index in [0.29, 0.717) is 30.8 Å². The summed E-state index contributed by atoms with van der Waals surface area (Å²) in [5.74, 6) is -0.100. The van der Waals surface area contributed by atoms with Crippen LogP contribution in [0.1, 0.15) is 44.1 Å². The summed E-state index contributed by atoms with van der Waals surface area (Å²) in [4.78, 5) is 37.7. The van der Waals surface area contributed by atoms with Crippen molar-refractivity contribution in [1.82, 2.24) is 10.6 Å². The Kier molecular flexibility index (Phi) is 6.21. The van der Waals surface area contributed by atoms with Gasteiger partial charge in [-0.05, 0) is 49.4 Å². The van der Waals surface area contributed by atoms with Gasteiger partial charge in [-0.15, -0.1) is 0 Å². The largest absolute Gasteiger partial charge is 0.334 e. The lowest BCUT2D eigenvalue weighted by molar-refractivity contribution is -0.122. The average Bonchev–Trinajstić information content (AvgIpc) is 3.52. The molecule has 0 unspecified atom stereocenters. The molecular weight excluding hydrogens is 392 g/mol. The van der Waals surface area contributed by atoms with E-state index < -0.39 is 5.54 Å². The van der Waals surface area contributed by atoms with Gasteiger partial charge in [-0.1, -0.05) is 49.2 Å². The van der Waals surface area contributed by atoms with Crippen LogP contribution in [-0.4, -0.2) is 23.4 Å². The SMILES string of the molecule is O=C(NCc1ccccc1)NC1(C(=O)Nc2cccc(NC(=O)C3CC3)c2)CCCC1. The molecule has 2 aliphatic rings. The van der Waals surface area contributed by atoms with Crippen molar-refractivity contribution in [2.45, 2.75) is 50.6 Å². The highest BCUT2D eigenvalue weighted by Crippen LogP contribution is 2.32. The van der Waals surface area contributed by atoms with Crippen LogP contribution < -0.4 is 21.3 Å². The Hall–Kier alpha value is -3.35. The molecule has 2 aromatic rings. The Morgan fingerprint density at radius 1 is 0.871 bits per heavy atom. The first-order valence-corrected chi connectivity index (χ1v) is 10.9. The standard InChI is InChI=1S/C24H28N4O3/c29-21(18-11-12-18)26-19-9-6-10-20(15-19)27-22(30)24(13-4-5-14-24)28-23(31)25-16-17-7-2-1-3-8-17/h1-3,6-10,15,18H,4-5,11-14,16H2,(H,26,29)(H,27,30)(H2,25,28,31). The Morgan fingerprint density at radius 3 is 2.23 bits per heavy atom. The van der Waals surface area contributed by atoms with Gasteiger partial charge >= 0.3 is 6.03 Å². The molecule has 2 aliphatic carbocycles. The first kappa shape index (κ1) is 20.9. The lowest BCUT2D eigenvalue weighted by atomic mass is 9.96. The number of benzene rings is 2. The van der Waals surface area contributed by atoms with Gasteiger partial charge in [0.25, 0.3) is 0 Å². The highest BCUT2D eigenvalue weighted by Gasteiger charge is 2.42. The van der Waals surface area contributed by atoms with Gasteiger partial charge in [-0.2, -0.15) is 0 Å². The maximum atomic E-state index is 13.2. The van der Waals surface area contributed by atoms with Crippen molar-refractivity contribution in [1.29, 1.82) is 0 Å². The van der Waals surface area contributed by atoms with Gasteiger partial charge in [0.1, 0.15) is 5.54 Å². The number of hydrogen-bond donors (Lipinski definition) is 4. The number of anilines is 2. The number of amides is 4. The van der Waals surface area contributed by atoms with Crippen LogP contribution in [0.15, 0.2) is 54.6 Å². The van der Waals surface area contributed by atoms with Gasteiger partial charge in [0.15, 0.2) is 0 Å². The van der Waals surface area contributed by atoms with Crippen LogP contribution in [0.25, 0.3) is 0 Å². The Balaban J connectivity index is 1.37. The number of nitrogens with one attached hydrogen (secondary N) is 4. The lowest BCUT2D eigenvalue weighted by Gasteiger charge is -2.29. The van der Waals surface area contributed by atoms with Crippen molar-refractivity contribution >= 4 is 29.2 Å². The van der Waals surface area contributed by atoms with Crippen molar-refractivity contribution in [3.8, 4) is 0 Å². The highest BCUT2D eigenvalue weighted by molar-refractivity contribution is 6.01. The fraction of sp³-hybridized carbons (Fsp3) is 0.375. The number of carbonyl (C=O) groups excluding carboxylic acids is 3. The highest BCUT2D eigenvalue weighted by atomic mass is 16.2. The van der Waals surface area contributed by atoms with E-state index in [1.165, 1.54) is 0 Å². The third-order valence-corrected chi connectivity index (χ3v) is 5.88. The van der Waals surface area contributed by atoms with E-state index in [2.05, 4.69) is 21.3 Å². The fourth-order valence-electron chi connectivity index (χ4n) is 3.94. The van der Waals surface area contributed by atoms with E-state index in [9.17, 15) is 14.4 Å². The molecule has 7 nitrogen and oxygen atoms in total. The van der Waals surface area contributed by atoms with E-state index in [0.717, 1.165) is 31.2 Å². The zero-order chi connectivity index (χ0) is 21.7. The quantitative estimate of drug-likeness (QED) is 0.548. The molecule has 7 heteroatoms. The van der Waals surface area contributed by atoms with E-state index in [1.54, 1.807) is 24.3 Å². The molecule has 2 fully saturated rings. The molecule has 4 N–H and O–H groups in total. The molecule has 0 spiro atoms. The minimum atomic E-state index is -0.936. The van der Waals surface area contributed by atoms with Crippen LogP contribution in [0.5, 0.6) is 0 Å². The van der Waals surface area contributed by atoms with Crippen molar-refractivity contribution in [3.63, 3.8) is 0 Å². The van der Waals surface area contributed by atoms with Crippen LogP contribution in [0.4, 0.5) is 16.2 Å². The molecule has 4 amide bonds. The van der Waals surface area contributed by atoms with E-state index in [1.807, 2.05) is 30.3 Å². The monoisotopic (exact) mass is 420 g/mol. The number of carbonyl (C=O) groups is 3. The van der Waals surface area contributed by atoms with Gasteiger partial charge in [0.05, 0.1) is 0 Å². The maximum Gasteiger partial charge on any atom is 0.315 e. The van der Waals surface area contributed by atoms with E-state index in [4.69, 9.17) is 0 Å². The second-order valence-electron chi connectivity index (χ2n) is 8.38. The Bertz CT molecular complexity index is 950. The molecule has 0 aromatic heterocycles. The van der Waals surface area contributed by atoms with Crippen molar-refractivity contribution in [2.24, 2.45) is 5.92 Å². The molecular formula is C24H28N4O3. The first-order chi connectivity index (χ1) is 15.0. The lowest BCUT2D eigenvalue weighted by Crippen LogP contribution is -2.57. The van der Waals surface area contributed by atoms with Crippen LogP contribution in [0.2, 0.25) is 0 Å². The summed E-state index contributed by atoms with van der Waals surface area (Å²) in [6.07, 6.45) is 4.81. The topological polar surface area (TPSA) is 99.3 Å². The predicted octanol–water partition coefficient (Wildman–Crippen LogP) is 3.79. The molecule has 0 atom stereocenters. The predicted molar refractivity (Wildman–Crippen MR) is 119 cm³/mol. The molecule has 0 saturated heterocycles. The second kappa shape index (κ2) is 9.20. The summed E-state index contributed by atoms with van der Waals surface area (Å²) < 4.78 is 0. The van der Waals surface area contributed by atoms with Crippen molar-refractivity contribution < 1.29 is 14.4 Å². The Morgan fingerprint density at radius 2 is 1.55 bits per heavy atom. The molecule has 4 rings (SSSR count). The van der Waals surface area contributed by atoms with Gasteiger partial charge in [0.2, 0.25) is 11.8 Å². The van der Waals surface area contributed by atoms with Crippen molar-refractivity contribution in [3.05, 3.63) is 60.2 Å². The summed E-state index contributed by atoms with van der Waals surface area (Å²) in [6.45, 7) is 0.396. The van der Waals surface area contributed by atoms with Gasteiger partial charge in [-0.25, -0.2) is 4.79 Å². The van der Waals surface area contributed by atoms with Crippen LogP contribution >= 0.6 is 0 Å². The van der Waals surface area contributed by atoms with Gasteiger partial charge in [-0.3, -0.25) is 9.59 Å². The molecule has 2 saturated carbocycles. The molecule has 0 aliphatic heterocycles. The third-order valence-electron chi connectivity index (χ3n) is 5.88. The molecule has 0 bridgehead atoms. The fourth-order valence-corrected chi connectivity index (χ4v) is 3.94. The Labute approximate surface area is 182 Å². The number of rotatable bonds is 7. The summed E-state index contributed by atoms with van der Waals surface area (Å²) in [5, 5.41) is 11.6. The minimum Gasteiger partial charge on any atom is -0.334 e.